The SMILES string of the molecule is CCCCCCCC(=O)OC[C@@H](COP(=O)(O)OS)OC(=O)CCCCCCC. The molecule has 2 atom stereocenters. The van der Waals surface area contributed by atoms with Gasteiger partial charge in [-0.15, -0.1) is 0 Å². The zero-order chi connectivity index (χ0) is 22.0. The first-order valence-corrected chi connectivity index (χ1v) is 12.4. The van der Waals surface area contributed by atoms with Crippen molar-refractivity contribution in [3.05, 3.63) is 0 Å². The third-order valence-corrected chi connectivity index (χ3v) is 5.52. The maximum Gasteiger partial charge on any atom is 0.483 e. The first kappa shape index (κ1) is 28.4. The van der Waals surface area contributed by atoms with E-state index in [-0.39, 0.29) is 19.4 Å². The van der Waals surface area contributed by atoms with Crippen LogP contribution in [0.1, 0.15) is 90.9 Å². The molecular weight excluding hydrogens is 419 g/mol. The average molecular weight is 457 g/mol. The molecule has 0 aromatic rings. The smallest absolute Gasteiger partial charge is 0.462 e. The number of rotatable bonds is 19. The van der Waals surface area contributed by atoms with Crippen molar-refractivity contribution in [2.45, 2.75) is 97.0 Å². The van der Waals surface area contributed by atoms with Crippen LogP contribution in [-0.4, -0.2) is 36.1 Å². The van der Waals surface area contributed by atoms with Gasteiger partial charge in [-0.1, -0.05) is 65.2 Å². The Hall–Kier alpha value is -0.600. The monoisotopic (exact) mass is 456 g/mol. The van der Waals surface area contributed by atoms with Crippen LogP contribution in [0, 0.1) is 0 Å². The van der Waals surface area contributed by atoms with E-state index in [2.05, 4.69) is 30.7 Å². The van der Waals surface area contributed by atoms with Crippen LogP contribution in [0.25, 0.3) is 0 Å². The van der Waals surface area contributed by atoms with E-state index in [1.165, 1.54) is 0 Å². The van der Waals surface area contributed by atoms with Gasteiger partial charge in [0.1, 0.15) is 6.61 Å². The van der Waals surface area contributed by atoms with Crippen LogP contribution in [0.15, 0.2) is 0 Å². The Labute approximate surface area is 180 Å². The van der Waals surface area contributed by atoms with Gasteiger partial charge in [0.25, 0.3) is 0 Å². The Morgan fingerprint density at radius 2 is 1.38 bits per heavy atom. The highest BCUT2D eigenvalue weighted by Crippen LogP contribution is 2.44. The van der Waals surface area contributed by atoms with Gasteiger partial charge in [0.05, 0.1) is 6.61 Å². The standard InChI is InChI=1S/C19H37O8PS/c1-3-5-7-9-11-13-18(20)24-15-17(16-25-28(22,23)27-29)26-19(21)14-12-10-8-6-4-2/h17,29H,3-16H2,1-2H3,(H,22,23)/t17-/m0/s1. The summed E-state index contributed by atoms with van der Waals surface area (Å²) in [4.78, 5) is 33.1. The number of esters is 2. The molecule has 8 nitrogen and oxygen atoms in total. The molecule has 0 aliphatic carbocycles. The van der Waals surface area contributed by atoms with Crippen molar-refractivity contribution in [1.29, 1.82) is 0 Å². The lowest BCUT2D eigenvalue weighted by Gasteiger charge is -2.19. The summed E-state index contributed by atoms with van der Waals surface area (Å²) in [6.45, 7) is 3.54. The van der Waals surface area contributed by atoms with Gasteiger partial charge in [0.2, 0.25) is 0 Å². The lowest BCUT2D eigenvalue weighted by molar-refractivity contribution is -0.161. The number of unbranched alkanes of at least 4 members (excludes halogenated alkanes) is 8. The summed E-state index contributed by atoms with van der Waals surface area (Å²) in [5, 5.41) is 0. The molecular formula is C19H37O8PS. The van der Waals surface area contributed by atoms with E-state index < -0.39 is 32.5 Å². The van der Waals surface area contributed by atoms with E-state index in [0.717, 1.165) is 57.8 Å². The number of carbonyl (C=O) groups is 2. The third-order valence-electron chi connectivity index (χ3n) is 4.22. The van der Waals surface area contributed by atoms with Crippen molar-refractivity contribution >= 4 is 32.7 Å². The summed E-state index contributed by atoms with van der Waals surface area (Å²) in [6.07, 6.45) is 9.45. The molecule has 1 unspecified atom stereocenters. The van der Waals surface area contributed by atoms with E-state index in [1.54, 1.807) is 0 Å². The summed E-state index contributed by atoms with van der Waals surface area (Å²) in [7, 11) is -4.35. The van der Waals surface area contributed by atoms with E-state index in [9.17, 15) is 19.0 Å². The normalized spacial score (nSPS) is 14.2. The second-order valence-corrected chi connectivity index (χ2v) is 8.82. The number of phosphoric acid groups is 1. The highest BCUT2D eigenvalue weighted by Gasteiger charge is 2.25. The largest absolute Gasteiger partial charge is 0.483 e. The first-order chi connectivity index (χ1) is 13.8. The molecule has 172 valence electrons. The molecule has 0 fully saturated rings. The Morgan fingerprint density at radius 1 is 0.862 bits per heavy atom. The summed E-state index contributed by atoms with van der Waals surface area (Å²) in [6, 6.07) is 0. The molecule has 0 aromatic carbocycles. The minimum absolute atomic E-state index is 0.228. The molecule has 0 aromatic heterocycles. The number of hydrogen-bond donors (Lipinski definition) is 2. The van der Waals surface area contributed by atoms with Crippen LogP contribution < -0.4 is 0 Å². The Kier molecular flexibility index (Phi) is 17.8. The predicted molar refractivity (Wildman–Crippen MR) is 113 cm³/mol. The van der Waals surface area contributed by atoms with E-state index in [0.29, 0.717) is 6.42 Å². The van der Waals surface area contributed by atoms with E-state index in [1.807, 2.05) is 0 Å². The molecule has 10 heteroatoms. The summed E-state index contributed by atoms with van der Waals surface area (Å²) >= 11 is 3.26. The molecule has 0 heterocycles. The molecule has 0 saturated carbocycles. The molecule has 0 aliphatic rings. The van der Waals surface area contributed by atoms with Gasteiger partial charge in [0.15, 0.2) is 6.10 Å². The maximum atomic E-state index is 12.0. The Balaban J connectivity index is 4.36. The second-order valence-electron chi connectivity index (χ2n) is 6.97. The van der Waals surface area contributed by atoms with Crippen molar-refractivity contribution in [1.82, 2.24) is 0 Å². The van der Waals surface area contributed by atoms with Gasteiger partial charge in [-0.05, 0) is 25.8 Å². The quantitative estimate of drug-likeness (QED) is 0.0904. The fourth-order valence-corrected chi connectivity index (χ4v) is 3.11. The fraction of sp³-hybridized carbons (Fsp3) is 0.895. The highest BCUT2D eigenvalue weighted by atomic mass is 32.1. The van der Waals surface area contributed by atoms with Crippen LogP contribution in [0.3, 0.4) is 0 Å². The third kappa shape index (κ3) is 17.9. The summed E-state index contributed by atoms with van der Waals surface area (Å²) in [5.41, 5.74) is 0. The second kappa shape index (κ2) is 18.2. The predicted octanol–water partition coefficient (Wildman–Crippen LogP) is 5.14. The van der Waals surface area contributed by atoms with Crippen LogP contribution in [-0.2, 0) is 32.1 Å². The van der Waals surface area contributed by atoms with Gasteiger partial charge < -0.3 is 14.4 Å². The van der Waals surface area contributed by atoms with Crippen LogP contribution in [0.2, 0.25) is 0 Å². The van der Waals surface area contributed by atoms with E-state index in [4.69, 9.17) is 14.0 Å². The highest BCUT2D eigenvalue weighted by molar-refractivity contribution is 7.80. The average Bonchev–Trinajstić information content (AvgIpc) is 2.69. The number of hydrogen-bond acceptors (Lipinski definition) is 8. The zero-order valence-electron chi connectivity index (χ0n) is 17.7. The lowest BCUT2D eigenvalue weighted by Crippen LogP contribution is -2.29. The molecule has 29 heavy (non-hydrogen) atoms. The van der Waals surface area contributed by atoms with Crippen LogP contribution in [0.4, 0.5) is 0 Å². The van der Waals surface area contributed by atoms with Crippen molar-refractivity contribution in [2.24, 2.45) is 0 Å². The van der Waals surface area contributed by atoms with Crippen molar-refractivity contribution < 1.29 is 37.0 Å². The van der Waals surface area contributed by atoms with Crippen molar-refractivity contribution in [3.63, 3.8) is 0 Å². The first-order valence-electron chi connectivity index (χ1n) is 10.5. The van der Waals surface area contributed by atoms with Crippen LogP contribution >= 0.6 is 20.7 Å². The van der Waals surface area contributed by atoms with Gasteiger partial charge in [0, 0.05) is 12.8 Å². The molecule has 0 spiro atoms. The van der Waals surface area contributed by atoms with Gasteiger partial charge in [-0.2, -0.15) is 0 Å². The topological polar surface area (TPSA) is 108 Å². The van der Waals surface area contributed by atoms with Crippen molar-refractivity contribution in [3.8, 4) is 0 Å². The van der Waals surface area contributed by atoms with Crippen molar-refractivity contribution in [2.75, 3.05) is 13.2 Å². The molecule has 0 bridgehead atoms. The summed E-state index contributed by atoms with van der Waals surface area (Å²) < 4.78 is 30.5. The Morgan fingerprint density at radius 3 is 1.90 bits per heavy atom. The minimum Gasteiger partial charge on any atom is -0.462 e. The zero-order valence-corrected chi connectivity index (χ0v) is 19.5. The number of phosphoric ester groups is 1. The van der Waals surface area contributed by atoms with Crippen LogP contribution in [0.5, 0.6) is 0 Å². The number of carbonyl (C=O) groups excluding carboxylic acids is 2. The molecule has 0 saturated heterocycles. The molecule has 0 rings (SSSR count). The van der Waals surface area contributed by atoms with E-state index >= 15 is 0 Å². The molecule has 0 aliphatic heterocycles. The fourth-order valence-electron chi connectivity index (χ4n) is 2.57. The maximum absolute atomic E-state index is 12.0. The van der Waals surface area contributed by atoms with Gasteiger partial charge in [-0.25, -0.2) is 8.54 Å². The number of ether oxygens (including phenoxy) is 2. The Bertz CT molecular complexity index is 489. The molecule has 0 amide bonds. The minimum atomic E-state index is -4.35. The van der Waals surface area contributed by atoms with Gasteiger partial charge >= 0.3 is 19.8 Å². The molecule has 0 radical (unpaired) electrons. The summed E-state index contributed by atoms with van der Waals surface area (Å²) in [5.74, 6) is -0.870. The lowest BCUT2D eigenvalue weighted by atomic mass is 10.1. The van der Waals surface area contributed by atoms with Gasteiger partial charge in [-0.3, -0.25) is 14.1 Å². The number of thiol groups is 1. The molecule has 1 N–H and O–H groups in total.